The molecule has 0 unspecified atom stereocenters. The number of hydrogen-bond acceptors (Lipinski definition) is 3. The summed E-state index contributed by atoms with van der Waals surface area (Å²) in [5.41, 5.74) is 3.98. The van der Waals surface area contributed by atoms with Gasteiger partial charge in [-0.1, -0.05) is 35.9 Å². The van der Waals surface area contributed by atoms with Gasteiger partial charge in [0.25, 0.3) is 5.91 Å². The summed E-state index contributed by atoms with van der Waals surface area (Å²) in [6.07, 6.45) is -4.55. The highest BCUT2D eigenvalue weighted by Gasteiger charge is 2.30. The van der Waals surface area contributed by atoms with Crippen LogP contribution in [0.1, 0.15) is 11.1 Å². The molecule has 0 radical (unpaired) electrons. The van der Waals surface area contributed by atoms with Crippen LogP contribution in [0.15, 0.2) is 48.5 Å². The fourth-order valence-corrected chi connectivity index (χ4v) is 2.15. The van der Waals surface area contributed by atoms with Gasteiger partial charge in [0.15, 0.2) is 6.61 Å². The summed E-state index contributed by atoms with van der Waals surface area (Å²) < 4.78 is 42.8. The molecule has 0 fully saturated rings. The summed E-state index contributed by atoms with van der Waals surface area (Å²) in [7, 11) is 0. The summed E-state index contributed by atoms with van der Waals surface area (Å²) in [5, 5.41) is 0.418. The van der Waals surface area contributed by atoms with Crippen molar-refractivity contribution < 1.29 is 27.5 Å². The Balaban J connectivity index is 1.79. The van der Waals surface area contributed by atoms with E-state index in [1.165, 1.54) is 12.1 Å². The van der Waals surface area contributed by atoms with Crippen LogP contribution in [0.5, 0.6) is 5.75 Å². The summed E-state index contributed by atoms with van der Waals surface area (Å²) in [4.78, 5) is 23.4. The van der Waals surface area contributed by atoms with Crippen molar-refractivity contribution in [3.8, 4) is 5.75 Å². The van der Waals surface area contributed by atoms with Crippen molar-refractivity contribution >= 4 is 23.4 Å². The van der Waals surface area contributed by atoms with Crippen molar-refractivity contribution in [3.63, 3.8) is 0 Å². The van der Waals surface area contributed by atoms with Crippen LogP contribution in [0, 0.1) is 0 Å². The van der Waals surface area contributed by atoms with E-state index in [1.54, 1.807) is 24.3 Å². The molecule has 26 heavy (non-hydrogen) atoms. The average Bonchev–Trinajstić information content (AvgIpc) is 2.60. The van der Waals surface area contributed by atoms with Gasteiger partial charge in [-0.3, -0.25) is 20.4 Å². The number of carbonyl (C=O) groups excluding carboxylic acids is 2. The first-order valence-electron chi connectivity index (χ1n) is 7.37. The highest BCUT2D eigenvalue weighted by molar-refractivity contribution is 6.31. The third-order valence-electron chi connectivity index (χ3n) is 3.18. The van der Waals surface area contributed by atoms with Gasteiger partial charge in [-0.2, -0.15) is 13.2 Å². The van der Waals surface area contributed by atoms with Crippen LogP contribution in [-0.2, 0) is 22.2 Å². The van der Waals surface area contributed by atoms with E-state index in [2.05, 4.69) is 10.9 Å². The lowest BCUT2D eigenvalue weighted by Crippen LogP contribution is -2.44. The number of carbonyl (C=O) groups is 2. The normalized spacial score (nSPS) is 10.9. The second-order valence-electron chi connectivity index (χ2n) is 5.18. The zero-order valence-corrected chi connectivity index (χ0v) is 14.0. The van der Waals surface area contributed by atoms with Crippen LogP contribution in [0.25, 0.3) is 0 Å². The number of hydrogen-bond donors (Lipinski definition) is 2. The predicted octanol–water partition coefficient (Wildman–Crippen LogP) is 3.13. The second kappa shape index (κ2) is 8.57. The first-order valence-corrected chi connectivity index (χ1v) is 7.74. The first-order chi connectivity index (χ1) is 12.3. The van der Waals surface area contributed by atoms with Crippen LogP contribution in [-0.4, -0.2) is 18.4 Å². The Morgan fingerprint density at radius 1 is 1.00 bits per heavy atom. The van der Waals surface area contributed by atoms with Crippen LogP contribution in [0.3, 0.4) is 0 Å². The zero-order valence-electron chi connectivity index (χ0n) is 13.3. The molecule has 0 saturated heterocycles. The van der Waals surface area contributed by atoms with E-state index in [1.807, 2.05) is 0 Å². The van der Waals surface area contributed by atoms with Gasteiger partial charge in [-0.25, -0.2) is 0 Å². The van der Waals surface area contributed by atoms with E-state index < -0.39 is 30.2 Å². The van der Waals surface area contributed by atoms with E-state index >= 15 is 0 Å². The number of nitrogens with one attached hydrogen (secondary N) is 2. The number of hydrazine groups is 1. The number of ether oxygens (including phenoxy) is 1. The van der Waals surface area contributed by atoms with E-state index in [0.29, 0.717) is 10.6 Å². The van der Waals surface area contributed by atoms with Gasteiger partial charge in [0, 0.05) is 5.02 Å². The van der Waals surface area contributed by atoms with Crippen molar-refractivity contribution in [1.82, 2.24) is 10.9 Å². The van der Waals surface area contributed by atoms with Gasteiger partial charge in [-0.05, 0) is 29.8 Å². The lowest BCUT2D eigenvalue weighted by Gasteiger charge is -2.11. The molecule has 0 aromatic heterocycles. The van der Waals surface area contributed by atoms with E-state index in [9.17, 15) is 22.8 Å². The highest BCUT2D eigenvalue weighted by atomic mass is 35.5. The van der Waals surface area contributed by atoms with Gasteiger partial charge in [0.2, 0.25) is 5.91 Å². The summed E-state index contributed by atoms with van der Waals surface area (Å²) in [6, 6.07) is 10.9. The van der Waals surface area contributed by atoms with Crippen molar-refractivity contribution in [3.05, 3.63) is 64.7 Å². The van der Waals surface area contributed by atoms with Crippen LogP contribution in [0.4, 0.5) is 13.2 Å². The standard InChI is InChI=1S/C17H14ClF3N2O3/c18-14-7-2-1-4-11(14)8-15(24)22-23-16(25)10-26-13-6-3-5-12(9-13)17(19,20)21/h1-7,9H,8,10H2,(H,22,24)(H,23,25). The van der Waals surface area contributed by atoms with E-state index in [-0.39, 0.29) is 12.2 Å². The summed E-state index contributed by atoms with van der Waals surface area (Å²) in [5.74, 6) is -1.35. The molecule has 0 spiro atoms. The van der Waals surface area contributed by atoms with Gasteiger partial charge >= 0.3 is 6.18 Å². The first kappa shape index (κ1) is 19.6. The monoisotopic (exact) mass is 386 g/mol. The maximum atomic E-state index is 12.6. The SMILES string of the molecule is O=C(COc1cccc(C(F)(F)F)c1)NNC(=O)Cc1ccccc1Cl. The maximum absolute atomic E-state index is 12.6. The van der Waals surface area contributed by atoms with E-state index in [0.717, 1.165) is 12.1 Å². The molecule has 0 bridgehead atoms. The smallest absolute Gasteiger partial charge is 0.416 e. The molecule has 2 aromatic rings. The number of alkyl halides is 3. The molecule has 0 aliphatic carbocycles. The second-order valence-corrected chi connectivity index (χ2v) is 5.59. The fraction of sp³-hybridized carbons (Fsp3) is 0.176. The molecule has 0 heterocycles. The molecular weight excluding hydrogens is 373 g/mol. The largest absolute Gasteiger partial charge is 0.484 e. The fourth-order valence-electron chi connectivity index (χ4n) is 1.95. The van der Waals surface area contributed by atoms with Crippen molar-refractivity contribution in [2.75, 3.05) is 6.61 Å². The number of rotatable bonds is 5. The van der Waals surface area contributed by atoms with Crippen LogP contribution < -0.4 is 15.6 Å². The van der Waals surface area contributed by atoms with Gasteiger partial charge < -0.3 is 4.74 Å². The zero-order chi connectivity index (χ0) is 19.2. The third-order valence-corrected chi connectivity index (χ3v) is 3.55. The molecule has 138 valence electrons. The predicted molar refractivity (Wildman–Crippen MR) is 88.4 cm³/mol. The topological polar surface area (TPSA) is 67.4 Å². The molecule has 0 aliphatic heterocycles. The molecule has 0 saturated carbocycles. The molecule has 2 amide bonds. The minimum atomic E-state index is -4.51. The minimum absolute atomic E-state index is 0.0472. The number of amides is 2. The Hall–Kier alpha value is -2.74. The maximum Gasteiger partial charge on any atom is 0.416 e. The highest BCUT2D eigenvalue weighted by Crippen LogP contribution is 2.31. The Morgan fingerprint density at radius 3 is 2.38 bits per heavy atom. The minimum Gasteiger partial charge on any atom is -0.484 e. The van der Waals surface area contributed by atoms with Crippen molar-refractivity contribution in [2.24, 2.45) is 0 Å². The average molecular weight is 387 g/mol. The Kier molecular flexibility index (Phi) is 6.46. The Labute approximate surface area is 152 Å². The number of halogens is 4. The summed E-state index contributed by atoms with van der Waals surface area (Å²) >= 11 is 5.93. The quantitative estimate of drug-likeness (QED) is 0.776. The van der Waals surface area contributed by atoms with Crippen LogP contribution >= 0.6 is 11.6 Å². The lowest BCUT2D eigenvalue weighted by molar-refractivity contribution is -0.137. The molecule has 2 N–H and O–H groups in total. The Morgan fingerprint density at radius 2 is 1.69 bits per heavy atom. The van der Waals surface area contributed by atoms with Gasteiger partial charge in [0.1, 0.15) is 5.75 Å². The lowest BCUT2D eigenvalue weighted by atomic mass is 10.1. The van der Waals surface area contributed by atoms with Gasteiger partial charge in [0.05, 0.1) is 12.0 Å². The van der Waals surface area contributed by atoms with Crippen molar-refractivity contribution in [2.45, 2.75) is 12.6 Å². The third kappa shape index (κ3) is 5.96. The van der Waals surface area contributed by atoms with Crippen LogP contribution in [0.2, 0.25) is 5.02 Å². The molecule has 0 aliphatic rings. The molecule has 2 aromatic carbocycles. The number of benzene rings is 2. The van der Waals surface area contributed by atoms with Crippen molar-refractivity contribution in [1.29, 1.82) is 0 Å². The molecule has 0 atom stereocenters. The Bertz CT molecular complexity index is 797. The molecule has 2 rings (SSSR count). The van der Waals surface area contributed by atoms with Gasteiger partial charge in [-0.15, -0.1) is 0 Å². The van der Waals surface area contributed by atoms with E-state index in [4.69, 9.17) is 16.3 Å². The molecule has 5 nitrogen and oxygen atoms in total. The molecule has 9 heteroatoms. The molecular formula is C17H14ClF3N2O3. The summed E-state index contributed by atoms with van der Waals surface area (Å²) in [6.45, 7) is -0.562.